The van der Waals surface area contributed by atoms with E-state index in [9.17, 15) is 14.4 Å². The summed E-state index contributed by atoms with van der Waals surface area (Å²) in [6, 6.07) is 12.6. The lowest BCUT2D eigenvalue weighted by molar-refractivity contribution is -0.118. The van der Waals surface area contributed by atoms with E-state index in [4.69, 9.17) is 4.74 Å². The number of amides is 1. The van der Waals surface area contributed by atoms with Gasteiger partial charge in [0.2, 0.25) is 5.91 Å². The molecular formula is C20H19N3O4. The van der Waals surface area contributed by atoms with E-state index in [-0.39, 0.29) is 12.2 Å². The molecule has 7 nitrogen and oxygen atoms in total. The highest BCUT2D eigenvalue weighted by Crippen LogP contribution is 2.15. The number of nitrogens with zero attached hydrogens (tertiary/aromatic N) is 2. The fourth-order valence-electron chi connectivity index (χ4n) is 2.67. The first kappa shape index (κ1) is 18.3. The molecule has 1 aromatic heterocycles. The maximum Gasteiger partial charge on any atom is 0.338 e. The number of anilines is 1. The van der Waals surface area contributed by atoms with Crippen LogP contribution in [0, 0.1) is 0 Å². The van der Waals surface area contributed by atoms with Gasteiger partial charge in [-0.15, -0.1) is 0 Å². The molecule has 0 fully saturated rings. The van der Waals surface area contributed by atoms with Gasteiger partial charge in [-0.05, 0) is 44.2 Å². The minimum atomic E-state index is -0.777. The third-order valence-corrected chi connectivity index (χ3v) is 4.13. The van der Waals surface area contributed by atoms with Gasteiger partial charge in [0.25, 0.3) is 5.56 Å². The molecule has 0 aliphatic rings. The van der Waals surface area contributed by atoms with Crippen molar-refractivity contribution in [2.75, 3.05) is 11.9 Å². The number of nitrogens with one attached hydrogen (secondary N) is 1. The van der Waals surface area contributed by atoms with Crippen LogP contribution in [0.1, 0.15) is 30.2 Å². The lowest BCUT2D eigenvalue weighted by Gasteiger charge is -2.15. The zero-order chi connectivity index (χ0) is 19.4. The predicted octanol–water partition coefficient (Wildman–Crippen LogP) is 2.77. The smallest absolute Gasteiger partial charge is 0.338 e. The second-order valence-electron chi connectivity index (χ2n) is 5.94. The number of carbonyl (C=O) groups is 2. The van der Waals surface area contributed by atoms with Crippen molar-refractivity contribution in [1.29, 1.82) is 0 Å². The third kappa shape index (κ3) is 3.87. The summed E-state index contributed by atoms with van der Waals surface area (Å²) in [6.45, 7) is 3.60. The van der Waals surface area contributed by atoms with Crippen molar-refractivity contribution < 1.29 is 14.3 Å². The number of rotatable bonds is 5. The zero-order valence-corrected chi connectivity index (χ0v) is 15.0. The van der Waals surface area contributed by atoms with E-state index in [1.807, 2.05) is 0 Å². The molecule has 7 heteroatoms. The van der Waals surface area contributed by atoms with Crippen molar-refractivity contribution in [3.63, 3.8) is 0 Å². The minimum absolute atomic E-state index is 0.268. The van der Waals surface area contributed by atoms with Crippen LogP contribution in [0.25, 0.3) is 10.9 Å². The van der Waals surface area contributed by atoms with Crippen LogP contribution in [0.5, 0.6) is 0 Å². The fraction of sp³-hybridized carbons (Fsp3) is 0.200. The number of aromatic nitrogens is 2. The molecule has 138 valence electrons. The third-order valence-electron chi connectivity index (χ3n) is 4.13. The van der Waals surface area contributed by atoms with Gasteiger partial charge in [-0.3, -0.25) is 14.2 Å². The molecule has 0 saturated carbocycles. The van der Waals surface area contributed by atoms with Crippen LogP contribution in [0.2, 0.25) is 0 Å². The van der Waals surface area contributed by atoms with Crippen LogP contribution in [-0.4, -0.2) is 28.0 Å². The second-order valence-corrected chi connectivity index (χ2v) is 5.94. The first-order valence-electron chi connectivity index (χ1n) is 8.55. The van der Waals surface area contributed by atoms with Crippen LogP contribution in [0.3, 0.4) is 0 Å². The topological polar surface area (TPSA) is 90.3 Å². The quantitative estimate of drug-likeness (QED) is 0.702. The lowest BCUT2D eigenvalue weighted by Crippen LogP contribution is -2.31. The van der Waals surface area contributed by atoms with Crippen molar-refractivity contribution in [3.05, 3.63) is 70.8 Å². The van der Waals surface area contributed by atoms with E-state index in [0.717, 1.165) is 0 Å². The summed E-state index contributed by atoms with van der Waals surface area (Å²) in [4.78, 5) is 41.3. The molecule has 1 atom stereocenters. The Kier molecular flexibility index (Phi) is 5.30. The Morgan fingerprint density at radius 3 is 2.74 bits per heavy atom. The van der Waals surface area contributed by atoms with Crippen LogP contribution >= 0.6 is 0 Å². The Balaban J connectivity index is 1.83. The number of fused-ring (bicyclic) bond motifs is 1. The number of carbonyl (C=O) groups excluding carboxylic acids is 2. The van der Waals surface area contributed by atoms with Crippen molar-refractivity contribution >= 4 is 28.5 Å². The van der Waals surface area contributed by atoms with E-state index < -0.39 is 17.9 Å². The van der Waals surface area contributed by atoms with Crippen LogP contribution in [0.4, 0.5) is 5.69 Å². The molecule has 1 unspecified atom stereocenters. The summed E-state index contributed by atoms with van der Waals surface area (Å²) in [6.07, 6.45) is 1.37. The molecule has 0 radical (unpaired) electrons. The molecule has 3 rings (SSSR count). The Hall–Kier alpha value is -3.48. The van der Waals surface area contributed by atoms with Gasteiger partial charge in [0.1, 0.15) is 6.04 Å². The van der Waals surface area contributed by atoms with Gasteiger partial charge in [0, 0.05) is 5.69 Å². The lowest BCUT2D eigenvalue weighted by atomic mass is 10.2. The number of benzene rings is 2. The Morgan fingerprint density at radius 1 is 1.19 bits per heavy atom. The molecule has 27 heavy (non-hydrogen) atoms. The van der Waals surface area contributed by atoms with Gasteiger partial charge in [0.15, 0.2) is 0 Å². The molecule has 1 amide bonds. The van der Waals surface area contributed by atoms with Crippen LogP contribution < -0.4 is 10.9 Å². The summed E-state index contributed by atoms with van der Waals surface area (Å²) in [5.41, 5.74) is 1.07. The number of hydrogen-bond donors (Lipinski definition) is 1. The monoisotopic (exact) mass is 365 g/mol. The first-order chi connectivity index (χ1) is 13.0. The number of para-hydroxylation sites is 1. The van der Waals surface area contributed by atoms with E-state index in [1.165, 1.54) is 17.0 Å². The molecule has 3 aromatic rings. The number of ether oxygens (including phenoxy) is 1. The Labute approximate surface area is 155 Å². The molecule has 0 bridgehead atoms. The highest BCUT2D eigenvalue weighted by atomic mass is 16.5. The largest absolute Gasteiger partial charge is 0.462 e. The average Bonchev–Trinajstić information content (AvgIpc) is 2.68. The van der Waals surface area contributed by atoms with E-state index >= 15 is 0 Å². The van der Waals surface area contributed by atoms with Gasteiger partial charge in [0.05, 0.1) is 29.4 Å². The van der Waals surface area contributed by atoms with Crippen molar-refractivity contribution in [1.82, 2.24) is 9.55 Å². The van der Waals surface area contributed by atoms with Gasteiger partial charge in [-0.2, -0.15) is 0 Å². The molecule has 0 aliphatic carbocycles. The number of esters is 1. The Bertz CT molecular complexity index is 1060. The standard InChI is InChI=1S/C20H19N3O4/c1-3-27-20(26)14-7-6-8-15(11-14)22-18(24)13(2)23-12-21-17-10-5-4-9-16(17)19(23)25/h4-13H,3H2,1-2H3,(H,22,24). The fourth-order valence-corrected chi connectivity index (χ4v) is 2.67. The van der Waals surface area contributed by atoms with Gasteiger partial charge in [-0.1, -0.05) is 18.2 Å². The average molecular weight is 365 g/mol. The molecule has 1 heterocycles. The van der Waals surface area contributed by atoms with Crippen LogP contribution in [0.15, 0.2) is 59.7 Å². The predicted molar refractivity (Wildman–Crippen MR) is 102 cm³/mol. The van der Waals surface area contributed by atoms with Gasteiger partial charge >= 0.3 is 5.97 Å². The van der Waals surface area contributed by atoms with E-state index in [0.29, 0.717) is 22.2 Å². The SMILES string of the molecule is CCOC(=O)c1cccc(NC(=O)C(C)n2cnc3ccccc3c2=O)c1. The molecule has 0 spiro atoms. The van der Waals surface area contributed by atoms with Gasteiger partial charge < -0.3 is 10.1 Å². The highest BCUT2D eigenvalue weighted by Gasteiger charge is 2.18. The van der Waals surface area contributed by atoms with Crippen molar-refractivity contribution in [2.24, 2.45) is 0 Å². The summed E-state index contributed by atoms with van der Waals surface area (Å²) >= 11 is 0. The minimum Gasteiger partial charge on any atom is -0.462 e. The summed E-state index contributed by atoms with van der Waals surface area (Å²) in [5.74, 6) is -0.855. The summed E-state index contributed by atoms with van der Waals surface area (Å²) in [5, 5.41) is 3.17. The molecular weight excluding hydrogens is 346 g/mol. The van der Waals surface area contributed by atoms with Gasteiger partial charge in [-0.25, -0.2) is 9.78 Å². The maximum atomic E-state index is 12.6. The molecule has 2 aromatic carbocycles. The van der Waals surface area contributed by atoms with E-state index in [2.05, 4.69) is 10.3 Å². The Morgan fingerprint density at radius 2 is 1.96 bits per heavy atom. The van der Waals surface area contributed by atoms with Crippen molar-refractivity contribution in [2.45, 2.75) is 19.9 Å². The first-order valence-corrected chi connectivity index (χ1v) is 8.55. The molecule has 0 aliphatic heterocycles. The maximum absolute atomic E-state index is 12.6. The second kappa shape index (κ2) is 7.82. The molecule has 1 N–H and O–H groups in total. The summed E-state index contributed by atoms with van der Waals surface area (Å²) < 4.78 is 6.24. The normalized spacial score (nSPS) is 11.8. The van der Waals surface area contributed by atoms with Crippen molar-refractivity contribution in [3.8, 4) is 0 Å². The zero-order valence-electron chi connectivity index (χ0n) is 15.0. The number of hydrogen-bond acceptors (Lipinski definition) is 5. The highest BCUT2D eigenvalue weighted by molar-refractivity contribution is 5.96. The van der Waals surface area contributed by atoms with Crippen LogP contribution in [-0.2, 0) is 9.53 Å². The molecule has 0 saturated heterocycles. The van der Waals surface area contributed by atoms with E-state index in [1.54, 1.807) is 56.3 Å². The summed E-state index contributed by atoms with van der Waals surface area (Å²) in [7, 11) is 0.